The molecule has 1 unspecified atom stereocenters. The molecule has 0 saturated heterocycles. The van der Waals surface area contributed by atoms with Crippen LogP contribution in [0.2, 0.25) is 0 Å². The molecule has 0 aliphatic heterocycles. The van der Waals surface area contributed by atoms with Crippen LogP contribution < -0.4 is 10.6 Å². The van der Waals surface area contributed by atoms with Gasteiger partial charge in [-0.2, -0.15) is 0 Å². The molecule has 0 aromatic carbocycles. The Morgan fingerprint density at radius 1 is 1.00 bits per heavy atom. The van der Waals surface area contributed by atoms with Gasteiger partial charge in [0.1, 0.15) is 0 Å². The van der Waals surface area contributed by atoms with Gasteiger partial charge in [0.25, 0.3) is 0 Å². The Balaban J connectivity index is 2.99. The van der Waals surface area contributed by atoms with Gasteiger partial charge < -0.3 is 10.6 Å². The Kier molecular flexibility index (Phi) is 9.42. The standard InChI is InChI=1S/C12H28N2/c1-5-12(4)7-10-13-8-6-9-14-11(2)3/h11-14H,5-10H2,1-4H3. The Morgan fingerprint density at radius 2 is 1.71 bits per heavy atom. The molecule has 0 heterocycles. The lowest BCUT2D eigenvalue weighted by Crippen LogP contribution is -2.27. The summed E-state index contributed by atoms with van der Waals surface area (Å²) in [4.78, 5) is 0. The van der Waals surface area contributed by atoms with Crippen molar-refractivity contribution in [3.63, 3.8) is 0 Å². The molecule has 2 N–H and O–H groups in total. The minimum absolute atomic E-state index is 0.620. The first-order valence-electron chi connectivity index (χ1n) is 6.10. The van der Waals surface area contributed by atoms with Crippen LogP contribution in [0.4, 0.5) is 0 Å². The third kappa shape index (κ3) is 10.0. The molecule has 86 valence electrons. The smallest absolute Gasteiger partial charge is 0.00103 e. The van der Waals surface area contributed by atoms with Gasteiger partial charge in [0.2, 0.25) is 0 Å². The van der Waals surface area contributed by atoms with Gasteiger partial charge in [0.05, 0.1) is 0 Å². The van der Waals surface area contributed by atoms with E-state index in [0.29, 0.717) is 6.04 Å². The maximum atomic E-state index is 3.48. The van der Waals surface area contributed by atoms with Gasteiger partial charge in [-0.05, 0) is 38.4 Å². The molecule has 2 heteroatoms. The summed E-state index contributed by atoms with van der Waals surface area (Å²) in [5, 5.41) is 6.90. The summed E-state index contributed by atoms with van der Waals surface area (Å²) in [6, 6.07) is 0.620. The second kappa shape index (κ2) is 9.47. The van der Waals surface area contributed by atoms with E-state index in [4.69, 9.17) is 0 Å². The van der Waals surface area contributed by atoms with Crippen LogP contribution in [-0.4, -0.2) is 25.7 Å². The van der Waals surface area contributed by atoms with E-state index < -0.39 is 0 Å². The molecule has 14 heavy (non-hydrogen) atoms. The zero-order chi connectivity index (χ0) is 10.8. The van der Waals surface area contributed by atoms with Gasteiger partial charge in [0, 0.05) is 6.04 Å². The van der Waals surface area contributed by atoms with Crippen LogP contribution in [0.25, 0.3) is 0 Å². The molecule has 2 nitrogen and oxygen atoms in total. The van der Waals surface area contributed by atoms with Gasteiger partial charge >= 0.3 is 0 Å². The highest BCUT2D eigenvalue weighted by Crippen LogP contribution is 2.03. The molecular formula is C12H28N2. The average Bonchev–Trinajstić information content (AvgIpc) is 2.15. The van der Waals surface area contributed by atoms with Gasteiger partial charge in [-0.3, -0.25) is 0 Å². The monoisotopic (exact) mass is 200 g/mol. The Labute approximate surface area is 89.9 Å². The van der Waals surface area contributed by atoms with Crippen molar-refractivity contribution in [2.45, 2.75) is 53.0 Å². The van der Waals surface area contributed by atoms with Crippen LogP contribution in [0.1, 0.15) is 47.0 Å². The van der Waals surface area contributed by atoms with Crippen molar-refractivity contribution in [3.05, 3.63) is 0 Å². The SMILES string of the molecule is CCC(C)CCNCCCNC(C)C. The topological polar surface area (TPSA) is 24.1 Å². The summed E-state index contributed by atoms with van der Waals surface area (Å²) in [5.74, 6) is 0.872. The highest BCUT2D eigenvalue weighted by atomic mass is 14.9. The highest BCUT2D eigenvalue weighted by molar-refractivity contribution is 4.57. The van der Waals surface area contributed by atoms with Crippen molar-refractivity contribution in [2.24, 2.45) is 5.92 Å². The summed E-state index contributed by atoms with van der Waals surface area (Å²) < 4.78 is 0. The molecule has 0 spiro atoms. The largest absolute Gasteiger partial charge is 0.317 e. The summed E-state index contributed by atoms with van der Waals surface area (Å²) in [5.41, 5.74) is 0. The van der Waals surface area contributed by atoms with Crippen LogP contribution in [0, 0.1) is 5.92 Å². The first-order valence-corrected chi connectivity index (χ1v) is 6.10. The van der Waals surface area contributed by atoms with Crippen molar-refractivity contribution < 1.29 is 0 Å². The summed E-state index contributed by atoms with van der Waals surface area (Å²) >= 11 is 0. The number of hydrogen-bond donors (Lipinski definition) is 2. The van der Waals surface area contributed by atoms with E-state index in [1.807, 2.05) is 0 Å². The quantitative estimate of drug-likeness (QED) is 0.559. The molecule has 0 aliphatic rings. The van der Waals surface area contributed by atoms with E-state index in [9.17, 15) is 0 Å². The molecule has 0 aromatic rings. The summed E-state index contributed by atoms with van der Waals surface area (Å²) in [6.07, 6.45) is 3.85. The first kappa shape index (κ1) is 13.9. The fourth-order valence-electron chi connectivity index (χ4n) is 1.28. The zero-order valence-electron chi connectivity index (χ0n) is 10.4. The number of nitrogens with one attached hydrogen (secondary N) is 2. The van der Waals surface area contributed by atoms with Gasteiger partial charge in [0.15, 0.2) is 0 Å². The molecule has 0 fully saturated rings. The minimum Gasteiger partial charge on any atom is -0.317 e. The second-order valence-corrected chi connectivity index (χ2v) is 4.51. The van der Waals surface area contributed by atoms with Crippen LogP contribution >= 0.6 is 0 Å². The van der Waals surface area contributed by atoms with Crippen molar-refractivity contribution in [3.8, 4) is 0 Å². The lowest BCUT2D eigenvalue weighted by molar-refractivity contribution is 0.479. The highest BCUT2D eigenvalue weighted by Gasteiger charge is 1.97. The van der Waals surface area contributed by atoms with E-state index in [0.717, 1.165) is 19.0 Å². The molecule has 0 aliphatic carbocycles. The minimum atomic E-state index is 0.620. The average molecular weight is 200 g/mol. The van der Waals surface area contributed by atoms with E-state index in [1.54, 1.807) is 0 Å². The van der Waals surface area contributed by atoms with E-state index >= 15 is 0 Å². The van der Waals surface area contributed by atoms with Crippen LogP contribution in [0.15, 0.2) is 0 Å². The first-order chi connectivity index (χ1) is 6.66. The van der Waals surface area contributed by atoms with Gasteiger partial charge in [-0.15, -0.1) is 0 Å². The molecule has 0 rings (SSSR count). The van der Waals surface area contributed by atoms with Crippen LogP contribution in [0.3, 0.4) is 0 Å². The molecular weight excluding hydrogens is 172 g/mol. The summed E-state index contributed by atoms with van der Waals surface area (Å²) in [7, 11) is 0. The molecule has 0 aromatic heterocycles. The maximum Gasteiger partial charge on any atom is 0.00103 e. The lowest BCUT2D eigenvalue weighted by atomic mass is 10.1. The third-order valence-corrected chi connectivity index (χ3v) is 2.59. The molecule has 0 amide bonds. The predicted molar refractivity (Wildman–Crippen MR) is 64.7 cm³/mol. The van der Waals surface area contributed by atoms with Crippen molar-refractivity contribution in [2.75, 3.05) is 19.6 Å². The molecule has 0 radical (unpaired) electrons. The van der Waals surface area contributed by atoms with E-state index in [-0.39, 0.29) is 0 Å². The van der Waals surface area contributed by atoms with Crippen LogP contribution in [-0.2, 0) is 0 Å². The van der Waals surface area contributed by atoms with E-state index in [2.05, 4.69) is 38.3 Å². The van der Waals surface area contributed by atoms with Gasteiger partial charge in [-0.25, -0.2) is 0 Å². The zero-order valence-corrected chi connectivity index (χ0v) is 10.4. The fourth-order valence-corrected chi connectivity index (χ4v) is 1.28. The third-order valence-electron chi connectivity index (χ3n) is 2.59. The van der Waals surface area contributed by atoms with E-state index in [1.165, 1.54) is 25.8 Å². The predicted octanol–water partition coefficient (Wildman–Crippen LogP) is 2.40. The van der Waals surface area contributed by atoms with Crippen molar-refractivity contribution in [1.29, 1.82) is 0 Å². The Bertz CT molecular complexity index is 113. The number of rotatable bonds is 9. The lowest BCUT2D eigenvalue weighted by Gasteiger charge is -2.10. The van der Waals surface area contributed by atoms with Crippen molar-refractivity contribution >= 4 is 0 Å². The molecule has 0 saturated carbocycles. The molecule has 0 bridgehead atoms. The summed E-state index contributed by atoms with van der Waals surface area (Å²) in [6.45, 7) is 12.4. The van der Waals surface area contributed by atoms with Crippen molar-refractivity contribution in [1.82, 2.24) is 10.6 Å². The maximum absolute atomic E-state index is 3.48. The van der Waals surface area contributed by atoms with Gasteiger partial charge in [-0.1, -0.05) is 34.1 Å². The number of hydrogen-bond acceptors (Lipinski definition) is 2. The molecule has 1 atom stereocenters. The fraction of sp³-hybridized carbons (Fsp3) is 1.00. The van der Waals surface area contributed by atoms with Crippen LogP contribution in [0.5, 0.6) is 0 Å². The normalized spacial score (nSPS) is 13.5. The Morgan fingerprint density at radius 3 is 2.29 bits per heavy atom. The second-order valence-electron chi connectivity index (χ2n) is 4.51. The Hall–Kier alpha value is -0.0800.